The Hall–Kier alpha value is -2.37. The van der Waals surface area contributed by atoms with Crippen molar-refractivity contribution >= 4 is 17.8 Å². The first-order chi connectivity index (χ1) is 12.5. The molecule has 1 aromatic rings. The molecule has 6 nitrogen and oxygen atoms in total. The number of carboxylic acid groups (broad SMARTS) is 1. The van der Waals surface area contributed by atoms with Crippen molar-refractivity contribution < 1.29 is 19.5 Å². The lowest BCUT2D eigenvalue weighted by Crippen LogP contribution is -2.47. The molecule has 0 bridgehead atoms. The molecule has 0 aromatic heterocycles. The molecule has 2 fully saturated rings. The van der Waals surface area contributed by atoms with Gasteiger partial charge in [-0.3, -0.25) is 14.4 Å². The Morgan fingerprint density at radius 1 is 1.19 bits per heavy atom. The molecule has 6 heteroatoms. The van der Waals surface area contributed by atoms with E-state index in [1.165, 1.54) is 4.90 Å². The number of hydrogen-bond acceptors (Lipinski definition) is 3. The topological polar surface area (TPSA) is 77.9 Å². The third-order valence-electron chi connectivity index (χ3n) is 5.39. The van der Waals surface area contributed by atoms with Gasteiger partial charge in [-0.1, -0.05) is 30.3 Å². The fourth-order valence-corrected chi connectivity index (χ4v) is 3.73. The summed E-state index contributed by atoms with van der Waals surface area (Å²) in [6.07, 6.45) is 3.37. The minimum atomic E-state index is -0.857. The highest BCUT2D eigenvalue weighted by Crippen LogP contribution is 2.43. The van der Waals surface area contributed by atoms with Gasteiger partial charge in [-0.2, -0.15) is 0 Å². The van der Waals surface area contributed by atoms with Gasteiger partial charge in [0.25, 0.3) is 0 Å². The lowest BCUT2D eigenvalue weighted by Gasteiger charge is -2.32. The van der Waals surface area contributed by atoms with Crippen molar-refractivity contribution in [2.45, 2.75) is 31.6 Å². The molecule has 1 saturated heterocycles. The summed E-state index contributed by atoms with van der Waals surface area (Å²) < 4.78 is 0. The summed E-state index contributed by atoms with van der Waals surface area (Å²) >= 11 is 0. The van der Waals surface area contributed by atoms with Crippen LogP contribution in [0.25, 0.3) is 0 Å². The summed E-state index contributed by atoms with van der Waals surface area (Å²) in [7, 11) is 1.66. The Bertz CT molecular complexity index is 672. The lowest BCUT2D eigenvalue weighted by atomic mass is 9.93. The largest absolute Gasteiger partial charge is 0.481 e. The number of aliphatic carboxylic acids is 1. The average Bonchev–Trinajstić information content (AvgIpc) is 3.47. The summed E-state index contributed by atoms with van der Waals surface area (Å²) in [4.78, 5) is 39.8. The Morgan fingerprint density at radius 3 is 2.50 bits per heavy atom. The maximum Gasteiger partial charge on any atom is 0.308 e. The van der Waals surface area contributed by atoms with Crippen LogP contribution in [0.3, 0.4) is 0 Å². The van der Waals surface area contributed by atoms with Gasteiger partial charge < -0.3 is 14.9 Å². The second-order valence-electron chi connectivity index (χ2n) is 7.44. The van der Waals surface area contributed by atoms with Crippen molar-refractivity contribution in [3.05, 3.63) is 35.9 Å². The van der Waals surface area contributed by atoms with Gasteiger partial charge in [0.1, 0.15) is 0 Å². The number of hydrogen-bond donors (Lipinski definition) is 1. The number of likely N-dealkylation sites (tertiary alicyclic amines) is 1. The Labute approximate surface area is 153 Å². The molecule has 2 aliphatic rings. The number of likely N-dealkylation sites (N-methyl/N-ethyl adjacent to an activating group) is 1. The summed E-state index contributed by atoms with van der Waals surface area (Å²) in [6, 6.07) is 9.74. The van der Waals surface area contributed by atoms with Crippen LogP contribution in [-0.2, 0) is 14.4 Å². The van der Waals surface area contributed by atoms with Crippen molar-refractivity contribution in [2.24, 2.45) is 11.8 Å². The molecular weight excluding hydrogens is 332 g/mol. The highest BCUT2D eigenvalue weighted by Gasteiger charge is 2.39. The number of carbonyl (C=O) groups is 3. The minimum absolute atomic E-state index is 0.00122. The van der Waals surface area contributed by atoms with Crippen molar-refractivity contribution in [3.8, 4) is 0 Å². The van der Waals surface area contributed by atoms with E-state index in [-0.39, 0.29) is 30.8 Å². The minimum Gasteiger partial charge on any atom is -0.481 e. The zero-order chi connectivity index (χ0) is 18.7. The van der Waals surface area contributed by atoms with E-state index in [0.29, 0.717) is 25.3 Å². The van der Waals surface area contributed by atoms with Gasteiger partial charge in [0.15, 0.2) is 0 Å². The molecule has 1 aliphatic carbocycles. The SMILES string of the molecule is CN(CC(=O)N1CCCC(C(=O)O)C1)C(=O)C(c1ccccc1)C1CC1. The monoisotopic (exact) mass is 358 g/mol. The smallest absolute Gasteiger partial charge is 0.308 e. The molecular formula is C20H26N2O4. The predicted octanol–water partition coefficient (Wildman–Crippen LogP) is 1.96. The van der Waals surface area contributed by atoms with E-state index in [0.717, 1.165) is 18.4 Å². The van der Waals surface area contributed by atoms with Crippen LogP contribution in [0.15, 0.2) is 30.3 Å². The highest BCUT2D eigenvalue weighted by atomic mass is 16.4. The van der Waals surface area contributed by atoms with Crippen LogP contribution in [-0.4, -0.2) is 59.4 Å². The standard InChI is InChI=1S/C20H26N2O4/c1-21(13-17(23)22-11-5-8-16(12-22)20(25)26)19(24)18(15-9-10-15)14-6-3-2-4-7-14/h2-4,6-7,15-16,18H,5,8-13H2,1H3,(H,25,26). The van der Waals surface area contributed by atoms with E-state index in [4.69, 9.17) is 0 Å². The van der Waals surface area contributed by atoms with E-state index in [1.807, 2.05) is 30.3 Å². The molecule has 1 saturated carbocycles. The molecule has 0 radical (unpaired) electrons. The molecule has 2 unspecified atom stereocenters. The number of amides is 2. The maximum absolute atomic E-state index is 13.0. The van der Waals surface area contributed by atoms with Crippen molar-refractivity contribution in [3.63, 3.8) is 0 Å². The normalized spacial score (nSPS) is 21.1. The van der Waals surface area contributed by atoms with Crippen molar-refractivity contribution in [2.75, 3.05) is 26.7 Å². The van der Waals surface area contributed by atoms with Gasteiger partial charge >= 0.3 is 5.97 Å². The second-order valence-corrected chi connectivity index (χ2v) is 7.44. The fraction of sp³-hybridized carbons (Fsp3) is 0.550. The Kier molecular flexibility index (Phi) is 5.59. The zero-order valence-corrected chi connectivity index (χ0v) is 15.1. The van der Waals surface area contributed by atoms with Crippen LogP contribution in [0.1, 0.15) is 37.2 Å². The van der Waals surface area contributed by atoms with E-state index >= 15 is 0 Å². The molecule has 1 aromatic carbocycles. The van der Waals surface area contributed by atoms with E-state index in [9.17, 15) is 19.5 Å². The first-order valence-electron chi connectivity index (χ1n) is 9.28. The average molecular weight is 358 g/mol. The summed E-state index contributed by atoms with van der Waals surface area (Å²) in [6.45, 7) is 0.803. The maximum atomic E-state index is 13.0. The molecule has 140 valence electrons. The number of nitrogens with zero attached hydrogens (tertiary/aromatic N) is 2. The van der Waals surface area contributed by atoms with Gasteiger partial charge in [-0.05, 0) is 37.2 Å². The number of piperidine rings is 1. The molecule has 1 N–H and O–H groups in total. The van der Waals surface area contributed by atoms with Gasteiger partial charge in [-0.15, -0.1) is 0 Å². The first-order valence-corrected chi connectivity index (χ1v) is 9.28. The van der Waals surface area contributed by atoms with Crippen LogP contribution in [0.4, 0.5) is 0 Å². The Balaban J connectivity index is 1.63. The molecule has 26 heavy (non-hydrogen) atoms. The summed E-state index contributed by atoms with van der Waals surface area (Å²) in [5.41, 5.74) is 1.00. The predicted molar refractivity (Wildman–Crippen MR) is 96.5 cm³/mol. The number of carboxylic acids is 1. The van der Waals surface area contributed by atoms with Crippen LogP contribution in [0, 0.1) is 11.8 Å². The van der Waals surface area contributed by atoms with Crippen LogP contribution in [0.2, 0.25) is 0 Å². The summed E-state index contributed by atoms with van der Waals surface area (Å²) in [5, 5.41) is 9.17. The molecule has 2 atom stereocenters. The molecule has 3 rings (SSSR count). The van der Waals surface area contributed by atoms with E-state index < -0.39 is 11.9 Å². The van der Waals surface area contributed by atoms with E-state index in [2.05, 4.69) is 0 Å². The molecule has 1 aliphatic heterocycles. The quantitative estimate of drug-likeness (QED) is 0.843. The van der Waals surface area contributed by atoms with Gasteiger partial charge in [0.2, 0.25) is 11.8 Å². The zero-order valence-electron chi connectivity index (χ0n) is 15.1. The van der Waals surface area contributed by atoms with Crippen LogP contribution < -0.4 is 0 Å². The molecule has 0 spiro atoms. The number of benzene rings is 1. The van der Waals surface area contributed by atoms with Crippen molar-refractivity contribution in [1.29, 1.82) is 0 Å². The number of carbonyl (C=O) groups excluding carboxylic acids is 2. The third-order valence-corrected chi connectivity index (χ3v) is 5.39. The number of rotatable bonds is 6. The van der Waals surface area contributed by atoms with E-state index in [1.54, 1.807) is 11.9 Å². The van der Waals surface area contributed by atoms with Crippen molar-refractivity contribution in [1.82, 2.24) is 9.80 Å². The Morgan fingerprint density at radius 2 is 1.88 bits per heavy atom. The third kappa shape index (κ3) is 4.23. The molecule has 1 heterocycles. The lowest BCUT2D eigenvalue weighted by molar-refractivity contribution is -0.147. The van der Waals surface area contributed by atoms with Gasteiger partial charge in [0.05, 0.1) is 18.4 Å². The van der Waals surface area contributed by atoms with Crippen LogP contribution in [0.5, 0.6) is 0 Å². The van der Waals surface area contributed by atoms with Crippen LogP contribution >= 0.6 is 0 Å². The first kappa shape index (κ1) is 18.4. The molecule has 2 amide bonds. The highest BCUT2D eigenvalue weighted by molar-refractivity contribution is 5.89. The fourth-order valence-electron chi connectivity index (χ4n) is 3.73. The second kappa shape index (κ2) is 7.89. The summed E-state index contributed by atoms with van der Waals surface area (Å²) in [5.74, 6) is -1.40. The van der Waals surface area contributed by atoms with Gasteiger partial charge in [0, 0.05) is 20.1 Å². The van der Waals surface area contributed by atoms with Gasteiger partial charge in [-0.25, -0.2) is 0 Å².